The lowest BCUT2D eigenvalue weighted by Gasteiger charge is -2.22. The summed E-state index contributed by atoms with van der Waals surface area (Å²) < 4.78 is 16.1. The molecule has 0 spiro atoms. The van der Waals surface area contributed by atoms with Gasteiger partial charge >= 0.3 is 0 Å². The predicted molar refractivity (Wildman–Crippen MR) is 77.5 cm³/mol. The van der Waals surface area contributed by atoms with E-state index in [0.29, 0.717) is 23.6 Å². The van der Waals surface area contributed by atoms with Crippen LogP contribution in [0.2, 0.25) is 0 Å². The maximum absolute atomic E-state index is 12.7. The standard InChI is InChI=1S/C15H13NO4S/c17-14(10-3-4-11-13(8-10)20-9-19-11)16-5-7-21-15(16)12-2-1-6-18-12/h1-4,6,8,15H,5,7,9H2/t15-/m0/s1. The van der Waals surface area contributed by atoms with Gasteiger partial charge in [-0.1, -0.05) is 0 Å². The zero-order chi connectivity index (χ0) is 14.2. The van der Waals surface area contributed by atoms with E-state index in [9.17, 15) is 4.79 Å². The second-order valence-corrected chi connectivity index (χ2v) is 5.99. The Morgan fingerprint density at radius 3 is 3.00 bits per heavy atom. The van der Waals surface area contributed by atoms with Gasteiger partial charge in [0, 0.05) is 17.9 Å². The number of benzene rings is 1. The minimum absolute atomic E-state index is 0.0142. The van der Waals surface area contributed by atoms with Gasteiger partial charge in [-0.25, -0.2) is 0 Å². The number of hydrogen-bond acceptors (Lipinski definition) is 5. The van der Waals surface area contributed by atoms with Crippen molar-refractivity contribution in [3.63, 3.8) is 0 Å². The van der Waals surface area contributed by atoms with Gasteiger partial charge in [0.05, 0.1) is 6.26 Å². The Labute approximate surface area is 125 Å². The topological polar surface area (TPSA) is 51.9 Å². The molecule has 1 saturated heterocycles. The van der Waals surface area contributed by atoms with Crippen LogP contribution in [0.15, 0.2) is 41.0 Å². The van der Waals surface area contributed by atoms with E-state index < -0.39 is 0 Å². The lowest BCUT2D eigenvalue weighted by atomic mass is 10.1. The Morgan fingerprint density at radius 1 is 1.24 bits per heavy atom. The molecule has 3 heterocycles. The summed E-state index contributed by atoms with van der Waals surface area (Å²) in [6.07, 6.45) is 1.64. The number of thioether (sulfide) groups is 1. The maximum atomic E-state index is 12.7. The average Bonchev–Trinajstić information content (AvgIpc) is 3.24. The molecule has 2 aromatic rings. The molecule has 0 saturated carbocycles. The summed E-state index contributed by atoms with van der Waals surface area (Å²) in [5.74, 6) is 3.01. The van der Waals surface area contributed by atoms with Gasteiger partial charge in [-0.2, -0.15) is 0 Å². The zero-order valence-corrected chi connectivity index (χ0v) is 12.0. The summed E-state index contributed by atoms with van der Waals surface area (Å²) in [5, 5.41) is -0.0575. The van der Waals surface area contributed by atoms with Crippen molar-refractivity contribution in [2.45, 2.75) is 5.37 Å². The molecule has 1 fully saturated rings. The molecular weight excluding hydrogens is 290 g/mol. The lowest BCUT2D eigenvalue weighted by molar-refractivity contribution is 0.0749. The van der Waals surface area contributed by atoms with Crippen molar-refractivity contribution in [1.82, 2.24) is 4.90 Å². The average molecular weight is 303 g/mol. The van der Waals surface area contributed by atoms with Crippen LogP contribution in [0.25, 0.3) is 0 Å². The SMILES string of the molecule is O=C(c1ccc2c(c1)OCO2)N1CCS[C@H]1c1ccco1. The molecule has 2 aliphatic heterocycles. The summed E-state index contributed by atoms with van der Waals surface area (Å²) in [6.45, 7) is 0.922. The van der Waals surface area contributed by atoms with Crippen LogP contribution in [0.3, 0.4) is 0 Å². The van der Waals surface area contributed by atoms with Crippen molar-refractivity contribution in [2.75, 3.05) is 19.1 Å². The van der Waals surface area contributed by atoms with Crippen molar-refractivity contribution in [1.29, 1.82) is 0 Å². The van der Waals surface area contributed by atoms with Crippen LogP contribution in [-0.4, -0.2) is 29.9 Å². The van der Waals surface area contributed by atoms with Crippen molar-refractivity contribution < 1.29 is 18.7 Å². The first-order chi connectivity index (χ1) is 10.3. The van der Waals surface area contributed by atoms with E-state index in [-0.39, 0.29) is 18.1 Å². The number of ether oxygens (including phenoxy) is 2. The molecule has 2 aliphatic rings. The summed E-state index contributed by atoms with van der Waals surface area (Å²) in [6, 6.07) is 9.05. The molecule has 1 aromatic carbocycles. The number of carbonyl (C=O) groups is 1. The van der Waals surface area contributed by atoms with Crippen molar-refractivity contribution in [2.24, 2.45) is 0 Å². The normalized spacial score (nSPS) is 20.0. The van der Waals surface area contributed by atoms with Gasteiger partial charge in [-0.15, -0.1) is 11.8 Å². The molecule has 0 aliphatic carbocycles. The van der Waals surface area contributed by atoms with E-state index in [2.05, 4.69) is 0 Å². The predicted octanol–water partition coefficient (Wildman–Crippen LogP) is 2.90. The molecule has 0 unspecified atom stereocenters. The largest absolute Gasteiger partial charge is 0.466 e. The van der Waals surface area contributed by atoms with Crippen molar-refractivity contribution >= 4 is 17.7 Å². The van der Waals surface area contributed by atoms with E-state index >= 15 is 0 Å². The van der Waals surface area contributed by atoms with Crippen LogP contribution in [0.5, 0.6) is 11.5 Å². The number of hydrogen-bond donors (Lipinski definition) is 0. The highest BCUT2D eigenvalue weighted by atomic mass is 32.2. The third kappa shape index (κ3) is 2.15. The molecular formula is C15H13NO4S. The number of amides is 1. The fourth-order valence-corrected chi connectivity index (χ4v) is 3.75. The van der Waals surface area contributed by atoms with E-state index in [0.717, 1.165) is 11.5 Å². The Morgan fingerprint density at radius 2 is 2.14 bits per heavy atom. The van der Waals surface area contributed by atoms with Gasteiger partial charge in [0.1, 0.15) is 11.1 Å². The Balaban J connectivity index is 1.62. The third-order valence-electron chi connectivity index (χ3n) is 3.56. The Kier molecular flexibility index (Phi) is 3.03. The van der Waals surface area contributed by atoms with E-state index in [1.807, 2.05) is 17.0 Å². The summed E-state index contributed by atoms with van der Waals surface area (Å²) >= 11 is 1.71. The molecule has 1 aromatic heterocycles. The highest BCUT2D eigenvalue weighted by molar-refractivity contribution is 7.99. The minimum atomic E-state index is -0.0575. The number of furan rings is 1. The fourth-order valence-electron chi connectivity index (χ4n) is 2.54. The zero-order valence-electron chi connectivity index (χ0n) is 11.2. The number of carbonyl (C=O) groups excluding carboxylic acids is 1. The first-order valence-electron chi connectivity index (χ1n) is 6.68. The van der Waals surface area contributed by atoms with Crippen molar-refractivity contribution in [3.8, 4) is 11.5 Å². The second-order valence-electron chi connectivity index (χ2n) is 4.81. The van der Waals surface area contributed by atoms with E-state index in [1.54, 1.807) is 36.2 Å². The third-order valence-corrected chi connectivity index (χ3v) is 4.78. The van der Waals surface area contributed by atoms with Crippen molar-refractivity contribution in [3.05, 3.63) is 47.9 Å². The summed E-state index contributed by atoms with van der Waals surface area (Å²) in [7, 11) is 0. The van der Waals surface area contributed by atoms with E-state index in [4.69, 9.17) is 13.9 Å². The van der Waals surface area contributed by atoms with Gasteiger partial charge in [0.15, 0.2) is 11.5 Å². The Bertz CT molecular complexity index is 670. The monoisotopic (exact) mass is 303 g/mol. The van der Waals surface area contributed by atoms with Gasteiger partial charge in [-0.05, 0) is 30.3 Å². The maximum Gasteiger partial charge on any atom is 0.255 e. The molecule has 4 rings (SSSR count). The fraction of sp³-hybridized carbons (Fsp3) is 0.267. The molecule has 108 valence electrons. The van der Waals surface area contributed by atoms with Gasteiger partial charge in [0.2, 0.25) is 6.79 Å². The number of rotatable bonds is 2. The number of fused-ring (bicyclic) bond motifs is 1. The molecule has 0 bridgehead atoms. The molecule has 1 amide bonds. The van der Waals surface area contributed by atoms with Crippen LogP contribution in [0.4, 0.5) is 0 Å². The van der Waals surface area contributed by atoms with E-state index in [1.165, 1.54) is 0 Å². The quantitative estimate of drug-likeness (QED) is 0.854. The highest BCUT2D eigenvalue weighted by Crippen LogP contribution is 2.40. The molecule has 21 heavy (non-hydrogen) atoms. The van der Waals surface area contributed by atoms with Gasteiger partial charge in [-0.3, -0.25) is 4.79 Å². The molecule has 6 heteroatoms. The first kappa shape index (κ1) is 12.6. The van der Waals surface area contributed by atoms with Crippen LogP contribution < -0.4 is 9.47 Å². The smallest absolute Gasteiger partial charge is 0.255 e. The van der Waals surface area contributed by atoms with Gasteiger partial charge in [0.25, 0.3) is 5.91 Å². The van der Waals surface area contributed by atoms with Crippen LogP contribution in [0, 0.1) is 0 Å². The Hall–Kier alpha value is -2.08. The molecule has 5 nitrogen and oxygen atoms in total. The van der Waals surface area contributed by atoms with Crippen LogP contribution >= 0.6 is 11.8 Å². The first-order valence-corrected chi connectivity index (χ1v) is 7.73. The van der Waals surface area contributed by atoms with Crippen LogP contribution in [-0.2, 0) is 0 Å². The summed E-state index contributed by atoms with van der Waals surface area (Å²) in [4.78, 5) is 14.6. The summed E-state index contributed by atoms with van der Waals surface area (Å²) in [5.41, 5.74) is 0.610. The minimum Gasteiger partial charge on any atom is -0.466 e. The second kappa shape index (κ2) is 5.04. The molecule has 0 radical (unpaired) electrons. The molecule has 1 atom stereocenters. The van der Waals surface area contributed by atoms with Crippen LogP contribution in [0.1, 0.15) is 21.5 Å². The highest BCUT2D eigenvalue weighted by Gasteiger charge is 2.33. The molecule has 0 N–H and O–H groups in total. The number of nitrogens with zero attached hydrogens (tertiary/aromatic N) is 1. The lowest BCUT2D eigenvalue weighted by Crippen LogP contribution is -2.30. The van der Waals surface area contributed by atoms with Gasteiger partial charge < -0.3 is 18.8 Å².